The first kappa shape index (κ1) is 14.8. The van der Waals surface area contributed by atoms with Crippen molar-refractivity contribution >= 4 is 15.5 Å². The van der Waals surface area contributed by atoms with Crippen molar-refractivity contribution in [3.05, 3.63) is 24.0 Å². The molecule has 0 atom stereocenters. The van der Waals surface area contributed by atoms with Crippen LogP contribution in [0.25, 0.3) is 0 Å². The Balaban J connectivity index is 2.58. The molecule has 0 aromatic heterocycles. The highest BCUT2D eigenvalue weighted by Crippen LogP contribution is 2.20. The number of rotatable bonds is 7. The van der Waals surface area contributed by atoms with Gasteiger partial charge in [-0.2, -0.15) is 0 Å². The Labute approximate surface area is 107 Å². The molecule has 0 saturated carbocycles. The van der Waals surface area contributed by atoms with Crippen LogP contribution in [0.15, 0.2) is 18.2 Å². The molecule has 0 unspecified atom stereocenters. The van der Waals surface area contributed by atoms with Gasteiger partial charge in [0.05, 0.1) is 18.6 Å². The van der Waals surface area contributed by atoms with E-state index in [-0.39, 0.29) is 23.7 Å². The van der Waals surface area contributed by atoms with Gasteiger partial charge in [-0.25, -0.2) is 12.8 Å². The van der Waals surface area contributed by atoms with E-state index >= 15 is 0 Å². The van der Waals surface area contributed by atoms with E-state index in [4.69, 9.17) is 4.74 Å². The summed E-state index contributed by atoms with van der Waals surface area (Å²) in [7, 11) is -1.56. The SMILES string of the molecule is CCCS(=O)(=O)CCNc1cc(OC)ccc1F. The molecule has 0 heterocycles. The van der Waals surface area contributed by atoms with Gasteiger partial charge in [0, 0.05) is 18.4 Å². The summed E-state index contributed by atoms with van der Waals surface area (Å²) in [4.78, 5) is 0. The molecule has 0 aliphatic rings. The molecule has 1 N–H and O–H groups in total. The standard InChI is InChI=1S/C12H18FNO3S/c1-3-7-18(15,16)8-6-14-12-9-10(17-2)4-5-11(12)13/h4-5,9,14H,3,6-8H2,1-2H3. The van der Waals surface area contributed by atoms with E-state index < -0.39 is 15.7 Å². The lowest BCUT2D eigenvalue weighted by molar-refractivity contribution is 0.414. The monoisotopic (exact) mass is 275 g/mol. The molecule has 102 valence electrons. The van der Waals surface area contributed by atoms with Crippen LogP contribution < -0.4 is 10.1 Å². The van der Waals surface area contributed by atoms with Crippen molar-refractivity contribution in [2.24, 2.45) is 0 Å². The van der Waals surface area contributed by atoms with Crippen molar-refractivity contribution in [1.29, 1.82) is 0 Å². The lowest BCUT2D eigenvalue weighted by Crippen LogP contribution is -2.18. The van der Waals surface area contributed by atoms with Gasteiger partial charge in [0.1, 0.15) is 11.6 Å². The van der Waals surface area contributed by atoms with Crippen LogP contribution >= 0.6 is 0 Å². The second-order valence-corrected chi connectivity index (χ2v) is 6.23. The Hall–Kier alpha value is -1.30. The van der Waals surface area contributed by atoms with Gasteiger partial charge in [-0.05, 0) is 18.6 Å². The maximum absolute atomic E-state index is 13.4. The predicted octanol–water partition coefficient (Wildman–Crippen LogP) is 2.07. The number of sulfone groups is 1. The van der Waals surface area contributed by atoms with Crippen LogP contribution in [-0.2, 0) is 9.84 Å². The lowest BCUT2D eigenvalue weighted by atomic mass is 10.3. The maximum atomic E-state index is 13.4. The van der Waals surface area contributed by atoms with Crippen molar-refractivity contribution in [3.63, 3.8) is 0 Å². The lowest BCUT2D eigenvalue weighted by Gasteiger charge is -2.09. The molecule has 0 fully saturated rings. The molecule has 0 bridgehead atoms. The number of benzene rings is 1. The Morgan fingerprint density at radius 2 is 2.06 bits per heavy atom. The van der Waals surface area contributed by atoms with Gasteiger partial charge in [0.2, 0.25) is 0 Å². The molecular formula is C12H18FNO3S. The van der Waals surface area contributed by atoms with E-state index in [2.05, 4.69) is 5.32 Å². The Morgan fingerprint density at radius 3 is 2.67 bits per heavy atom. The first-order chi connectivity index (χ1) is 8.48. The van der Waals surface area contributed by atoms with Crippen LogP contribution in [0.4, 0.5) is 10.1 Å². The van der Waals surface area contributed by atoms with Gasteiger partial charge in [0.25, 0.3) is 0 Å². The second-order valence-electron chi connectivity index (χ2n) is 3.92. The molecule has 0 saturated heterocycles. The third-order valence-electron chi connectivity index (χ3n) is 2.42. The van der Waals surface area contributed by atoms with Gasteiger partial charge in [-0.15, -0.1) is 0 Å². The molecule has 1 rings (SSSR count). The average molecular weight is 275 g/mol. The molecule has 18 heavy (non-hydrogen) atoms. The van der Waals surface area contributed by atoms with E-state index in [0.29, 0.717) is 12.2 Å². The smallest absolute Gasteiger partial charge is 0.152 e. The van der Waals surface area contributed by atoms with Gasteiger partial charge in [0.15, 0.2) is 9.84 Å². The summed E-state index contributed by atoms with van der Waals surface area (Å²) in [5.74, 6) is 0.256. The second kappa shape index (κ2) is 6.58. The highest BCUT2D eigenvalue weighted by molar-refractivity contribution is 7.91. The van der Waals surface area contributed by atoms with Crippen LogP contribution in [-0.4, -0.2) is 33.6 Å². The topological polar surface area (TPSA) is 55.4 Å². The first-order valence-corrected chi connectivity index (χ1v) is 7.58. The minimum absolute atomic E-state index is 0.00249. The van der Waals surface area contributed by atoms with E-state index in [1.54, 1.807) is 0 Å². The zero-order valence-corrected chi connectivity index (χ0v) is 11.4. The van der Waals surface area contributed by atoms with Crippen molar-refractivity contribution in [2.75, 3.05) is 30.5 Å². The first-order valence-electron chi connectivity index (χ1n) is 5.76. The van der Waals surface area contributed by atoms with Crippen molar-refractivity contribution in [2.45, 2.75) is 13.3 Å². The number of ether oxygens (including phenoxy) is 1. The minimum atomic E-state index is -3.05. The summed E-state index contributed by atoms with van der Waals surface area (Å²) in [6, 6.07) is 4.29. The van der Waals surface area contributed by atoms with Crippen molar-refractivity contribution in [3.8, 4) is 5.75 Å². The van der Waals surface area contributed by atoms with Crippen LogP contribution in [0.3, 0.4) is 0 Å². The van der Waals surface area contributed by atoms with E-state index in [1.807, 2.05) is 6.92 Å². The third kappa shape index (κ3) is 4.52. The van der Waals surface area contributed by atoms with Crippen LogP contribution in [0.1, 0.15) is 13.3 Å². The number of hydrogen-bond donors (Lipinski definition) is 1. The summed E-state index contributed by atoms with van der Waals surface area (Å²) in [6.07, 6.45) is 0.593. The number of nitrogens with one attached hydrogen (secondary N) is 1. The summed E-state index contributed by atoms with van der Waals surface area (Å²) >= 11 is 0. The Bertz CT molecular complexity index is 488. The number of anilines is 1. The number of halogens is 1. The van der Waals surface area contributed by atoms with Gasteiger partial charge < -0.3 is 10.1 Å². The molecular weight excluding hydrogens is 257 g/mol. The highest BCUT2D eigenvalue weighted by atomic mass is 32.2. The van der Waals surface area contributed by atoms with E-state index in [9.17, 15) is 12.8 Å². The van der Waals surface area contributed by atoms with Crippen molar-refractivity contribution < 1.29 is 17.5 Å². The fraction of sp³-hybridized carbons (Fsp3) is 0.500. The minimum Gasteiger partial charge on any atom is -0.497 e. The summed E-state index contributed by atoms with van der Waals surface area (Å²) < 4.78 is 41.3. The molecule has 4 nitrogen and oxygen atoms in total. The summed E-state index contributed by atoms with van der Waals surface area (Å²) in [6.45, 7) is 2.00. The molecule has 1 aromatic carbocycles. The Morgan fingerprint density at radius 1 is 1.33 bits per heavy atom. The van der Waals surface area contributed by atoms with E-state index in [0.717, 1.165) is 0 Å². The fourth-order valence-electron chi connectivity index (χ4n) is 1.52. The van der Waals surface area contributed by atoms with Gasteiger partial charge in [-0.1, -0.05) is 6.92 Å². The number of hydrogen-bond acceptors (Lipinski definition) is 4. The quantitative estimate of drug-likeness (QED) is 0.827. The van der Waals surface area contributed by atoms with Crippen molar-refractivity contribution in [1.82, 2.24) is 0 Å². The zero-order chi connectivity index (χ0) is 13.6. The maximum Gasteiger partial charge on any atom is 0.152 e. The van der Waals surface area contributed by atoms with Crippen LogP contribution in [0.5, 0.6) is 5.75 Å². The highest BCUT2D eigenvalue weighted by Gasteiger charge is 2.10. The number of methoxy groups -OCH3 is 1. The summed E-state index contributed by atoms with van der Waals surface area (Å²) in [5.41, 5.74) is 0.251. The molecule has 0 amide bonds. The molecule has 0 radical (unpaired) electrons. The average Bonchev–Trinajstić information content (AvgIpc) is 2.31. The zero-order valence-electron chi connectivity index (χ0n) is 10.6. The molecule has 0 aliphatic carbocycles. The summed E-state index contributed by atoms with van der Waals surface area (Å²) in [5, 5.41) is 2.77. The largest absolute Gasteiger partial charge is 0.497 e. The van der Waals surface area contributed by atoms with Gasteiger partial charge in [-0.3, -0.25) is 0 Å². The molecule has 1 aromatic rings. The van der Waals surface area contributed by atoms with Crippen LogP contribution in [0.2, 0.25) is 0 Å². The Kier molecular flexibility index (Phi) is 5.40. The van der Waals surface area contributed by atoms with E-state index in [1.165, 1.54) is 25.3 Å². The molecule has 6 heteroatoms. The fourth-order valence-corrected chi connectivity index (χ4v) is 2.76. The predicted molar refractivity (Wildman–Crippen MR) is 70.4 cm³/mol. The van der Waals surface area contributed by atoms with Crippen LogP contribution in [0, 0.1) is 5.82 Å². The normalized spacial score (nSPS) is 11.3. The molecule has 0 spiro atoms. The third-order valence-corrected chi connectivity index (χ3v) is 4.27. The van der Waals surface area contributed by atoms with Gasteiger partial charge >= 0.3 is 0 Å². The molecule has 0 aliphatic heterocycles.